The summed E-state index contributed by atoms with van der Waals surface area (Å²) >= 11 is 0. The number of rotatable bonds is 3. The van der Waals surface area contributed by atoms with Crippen molar-refractivity contribution < 1.29 is 4.74 Å². The first-order valence-electron chi connectivity index (χ1n) is 4.20. The van der Waals surface area contributed by atoms with E-state index in [9.17, 15) is 0 Å². The molecule has 0 heterocycles. The number of ether oxygens (including phenoxy) is 1. The van der Waals surface area contributed by atoms with Crippen molar-refractivity contribution in [1.29, 1.82) is 0 Å². The number of hydrogen-bond acceptors (Lipinski definition) is 1. The van der Waals surface area contributed by atoms with Crippen molar-refractivity contribution in [2.75, 3.05) is 7.11 Å². The predicted octanol–water partition coefficient (Wildman–Crippen LogP) is 2.42. The molecule has 1 aliphatic rings. The van der Waals surface area contributed by atoms with Crippen LogP contribution < -0.4 is 0 Å². The molecular formula is C9H17O. The van der Waals surface area contributed by atoms with Crippen molar-refractivity contribution in [3.05, 3.63) is 6.92 Å². The molecule has 0 aromatic rings. The Morgan fingerprint density at radius 2 is 2.10 bits per heavy atom. The molecule has 1 nitrogen and oxygen atoms in total. The second-order valence-electron chi connectivity index (χ2n) is 3.11. The van der Waals surface area contributed by atoms with Gasteiger partial charge in [0.15, 0.2) is 0 Å². The summed E-state index contributed by atoms with van der Waals surface area (Å²) in [6, 6.07) is 0. The van der Waals surface area contributed by atoms with E-state index in [-0.39, 0.29) is 0 Å². The molecule has 1 unspecified atom stereocenters. The summed E-state index contributed by atoms with van der Waals surface area (Å²) in [6.45, 7) is 3.88. The van der Waals surface area contributed by atoms with E-state index in [1.807, 2.05) is 0 Å². The second-order valence-corrected chi connectivity index (χ2v) is 3.11. The van der Waals surface area contributed by atoms with Crippen LogP contribution >= 0.6 is 0 Å². The molecule has 1 heteroatoms. The zero-order valence-electron chi connectivity index (χ0n) is 6.81. The molecule has 1 saturated carbocycles. The fraction of sp³-hybridized carbons (Fsp3) is 0.889. The van der Waals surface area contributed by atoms with E-state index in [2.05, 4.69) is 6.92 Å². The van der Waals surface area contributed by atoms with Crippen LogP contribution in [0.3, 0.4) is 0 Å². The van der Waals surface area contributed by atoms with E-state index in [4.69, 9.17) is 4.74 Å². The van der Waals surface area contributed by atoms with Gasteiger partial charge in [-0.3, -0.25) is 0 Å². The summed E-state index contributed by atoms with van der Waals surface area (Å²) in [4.78, 5) is 0. The lowest BCUT2D eigenvalue weighted by Crippen LogP contribution is -2.19. The lowest BCUT2D eigenvalue weighted by molar-refractivity contribution is 0.0562. The summed E-state index contributed by atoms with van der Waals surface area (Å²) in [7, 11) is 1.80. The van der Waals surface area contributed by atoms with Crippen molar-refractivity contribution in [1.82, 2.24) is 0 Å². The molecule has 0 aliphatic heterocycles. The van der Waals surface area contributed by atoms with Gasteiger partial charge in [-0.15, -0.1) is 0 Å². The van der Waals surface area contributed by atoms with Gasteiger partial charge in [-0.05, 0) is 25.2 Å². The molecule has 1 radical (unpaired) electrons. The third-order valence-electron chi connectivity index (χ3n) is 2.51. The molecule has 0 aromatic carbocycles. The van der Waals surface area contributed by atoms with Gasteiger partial charge in [0.2, 0.25) is 0 Å². The quantitative estimate of drug-likeness (QED) is 0.586. The standard InChI is InChI=1S/C9H17O/c1-3-9(10-2)8-6-4-5-7-8/h8-9H,1,3-7H2,2H3. The molecule has 0 saturated heterocycles. The van der Waals surface area contributed by atoms with Crippen LogP contribution in [0.2, 0.25) is 0 Å². The van der Waals surface area contributed by atoms with Gasteiger partial charge in [0.1, 0.15) is 0 Å². The second kappa shape index (κ2) is 3.97. The van der Waals surface area contributed by atoms with Crippen LogP contribution in [-0.4, -0.2) is 13.2 Å². The lowest BCUT2D eigenvalue weighted by atomic mass is 9.99. The summed E-state index contributed by atoms with van der Waals surface area (Å²) < 4.78 is 5.32. The van der Waals surface area contributed by atoms with Gasteiger partial charge in [-0.1, -0.05) is 19.8 Å². The lowest BCUT2D eigenvalue weighted by Gasteiger charge is -2.19. The van der Waals surface area contributed by atoms with E-state index in [1.165, 1.54) is 25.7 Å². The maximum absolute atomic E-state index is 5.32. The molecule has 0 spiro atoms. The van der Waals surface area contributed by atoms with E-state index in [1.54, 1.807) is 7.11 Å². The van der Waals surface area contributed by atoms with Crippen LogP contribution in [0.25, 0.3) is 0 Å². The normalized spacial score (nSPS) is 23.4. The minimum atomic E-state index is 0.433. The highest BCUT2D eigenvalue weighted by Gasteiger charge is 2.22. The first-order chi connectivity index (χ1) is 4.88. The Balaban J connectivity index is 2.29. The van der Waals surface area contributed by atoms with Crippen LogP contribution in [0.4, 0.5) is 0 Å². The zero-order valence-corrected chi connectivity index (χ0v) is 6.81. The average molecular weight is 141 g/mol. The molecular weight excluding hydrogens is 124 g/mol. The van der Waals surface area contributed by atoms with Crippen LogP contribution in [0.1, 0.15) is 32.1 Å². The van der Waals surface area contributed by atoms with Crippen molar-refractivity contribution in [3.63, 3.8) is 0 Å². The zero-order chi connectivity index (χ0) is 7.40. The fourth-order valence-corrected chi connectivity index (χ4v) is 1.88. The molecule has 0 N–H and O–H groups in total. The molecule has 59 valence electrons. The summed E-state index contributed by atoms with van der Waals surface area (Å²) in [5.74, 6) is 0.808. The summed E-state index contributed by atoms with van der Waals surface area (Å²) in [5.41, 5.74) is 0. The molecule has 0 bridgehead atoms. The Morgan fingerprint density at radius 1 is 1.50 bits per heavy atom. The van der Waals surface area contributed by atoms with Gasteiger partial charge >= 0.3 is 0 Å². The van der Waals surface area contributed by atoms with Gasteiger partial charge in [0.25, 0.3) is 0 Å². The van der Waals surface area contributed by atoms with Crippen molar-refractivity contribution in [2.24, 2.45) is 5.92 Å². The molecule has 0 amide bonds. The van der Waals surface area contributed by atoms with Crippen molar-refractivity contribution in [3.8, 4) is 0 Å². The average Bonchev–Trinajstić information content (AvgIpc) is 2.43. The Kier molecular flexibility index (Phi) is 3.20. The molecule has 1 atom stereocenters. The monoisotopic (exact) mass is 141 g/mol. The molecule has 1 fully saturated rings. The highest BCUT2D eigenvalue weighted by Crippen LogP contribution is 2.29. The van der Waals surface area contributed by atoms with Crippen LogP contribution in [0.5, 0.6) is 0 Å². The van der Waals surface area contributed by atoms with E-state index < -0.39 is 0 Å². The van der Waals surface area contributed by atoms with Gasteiger partial charge in [-0.2, -0.15) is 0 Å². The third-order valence-corrected chi connectivity index (χ3v) is 2.51. The van der Waals surface area contributed by atoms with Crippen LogP contribution in [-0.2, 0) is 4.74 Å². The molecule has 10 heavy (non-hydrogen) atoms. The Bertz CT molecular complexity index is 80.7. The Morgan fingerprint density at radius 3 is 2.50 bits per heavy atom. The summed E-state index contributed by atoms with van der Waals surface area (Å²) in [6.07, 6.45) is 6.86. The van der Waals surface area contributed by atoms with E-state index in [0.717, 1.165) is 12.3 Å². The van der Waals surface area contributed by atoms with Crippen LogP contribution in [0, 0.1) is 12.8 Å². The molecule has 1 rings (SSSR count). The first-order valence-corrected chi connectivity index (χ1v) is 4.20. The predicted molar refractivity (Wildman–Crippen MR) is 42.7 cm³/mol. The minimum Gasteiger partial charge on any atom is -0.381 e. The minimum absolute atomic E-state index is 0.433. The Hall–Kier alpha value is -0.0400. The number of hydrogen-bond donors (Lipinski definition) is 0. The van der Waals surface area contributed by atoms with Gasteiger partial charge < -0.3 is 4.74 Å². The Labute approximate surface area is 63.8 Å². The highest BCUT2D eigenvalue weighted by atomic mass is 16.5. The van der Waals surface area contributed by atoms with E-state index in [0.29, 0.717) is 6.10 Å². The van der Waals surface area contributed by atoms with Crippen LogP contribution in [0.15, 0.2) is 0 Å². The molecule has 0 aromatic heterocycles. The topological polar surface area (TPSA) is 9.23 Å². The maximum atomic E-state index is 5.32. The van der Waals surface area contributed by atoms with Crippen molar-refractivity contribution >= 4 is 0 Å². The number of methoxy groups -OCH3 is 1. The van der Waals surface area contributed by atoms with Gasteiger partial charge in [0, 0.05) is 7.11 Å². The highest BCUT2D eigenvalue weighted by molar-refractivity contribution is 4.76. The van der Waals surface area contributed by atoms with Gasteiger partial charge in [0.05, 0.1) is 6.10 Å². The maximum Gasteiger partial charge on any atom is 0.0599 e. The van der Waals surface area contributed by atoms with Crippen molar-refractivity contribution in [2.45, 2.75) is 38.2 Å². The fourth-order valence-electron chi connectivity index (χ4n) is 1.88. The SMILES string of the molecule is [CH2]CC(OC)C1CCCC1. The van der Waals surface area contributed by atoms with Gasteiger partial charge in [-0.25, -0.2) is 0 Å². The molecule has 1 aliphatic carbocycles. The smallest absolute Gasteiger partial charge is 0.0599 e. The summed E-state index contributed by atoms with van der Waals surface area (Å²) in [5, 5.41) is 0. The van der Waals surface area contributed by atoms with E-state index >= 15 is 0 Å². The largest absolute Gasteiger partial charge is 0.381 e. The first kappa shape index (κ1) is 8.06. The third kappa shape index (κ3) is 1.72.